The fourth-order valence-corrected chi connectivity index (χ4v) is 6.09. The predicted molar refractivity (Wildman–Crippen MR) is 204 cm³/mol. The zero-order valence-corrected chi connectivity index (χ0v) is 31.5. The van der Waals surface area contributed by atoms with Crippen LogP contribution in [-0.2, 0) is 9.63 Å². The number of aromatic nitrogens is 1. The zero-order valence-electron chi connectivity index (χ0n) is 28.5. The maximum absolute atomic E-state index is 14.6. The summed E-state index contributed by atoms with van der Waals surface area (Å²) in [5.74, 6) is -5.00. The van der Waals surface area contributed by atoms with Gasteiger partial charge in [-0.15, -0.1) is 0 Å². The lowest BCUT2D eigenvalue weighted by Crippen LogP contribution is -2.27. The smallest absolute Gasteiger partial charge is 0.348 e. The van der Waals surface area contributed by atoms with Gasteiger partial charge in [0.1, 0.15) is 11.5 Å². The Morgan fingerprint density at radius 2 is 1.62 bits per heavy atom. The molecule has 1 heterocycles. The summed E-state index contributed by atoms with van der Waals surface area (Å²) in [6.45, 7) is 4.92. The van der Waals surface area contributed by atoms with Gasteiger partial charge in [0.2, 0.25) is 5.91 Å². The maximum Gasteiger partial charge on any atom is 0.348 e. The molecule has 0 radical (unpaired) electrons. The first-order valence-electron chi connectivity index (χ1n) is 16.3. The molecule has 0 aliphatic carbocycles. The van der Waals surface area contributed by atoms with E-state index in [9.17, 15) is 37.7 Å². The van der Waals surface area contributed by atoms with Crippen LogP contribution in [0.5, 0.6) is 0 Å². The third kappa shape index (κ3) is 12.1. The summed E-state index contributed by atoms with van der Waals surface area (Å²) in [4.78, 5) is 57.2. The number of benzene rings is 3. The van der Waals surface area contributed by atoms with Gasteiger partial charge in [0.05, 0.1) is 39.7 Å². The molecule has 0 saturated carbocycles. The van der Waals surface area contributed by atoms with Crippen molar-refractivity contribution in [3.63, 3.8) is 0 Å². The number of anilines is 5. The summed E-state index contributed by atoms with van der Waals surface area (Å²) in [6.07, 6.45) is 3.18. The van der Waals surface area contributed by atoms with E-state index in [4.69, 9.17) is 4.84 Å². The van der Waals surface area contributed by atoms with Gasteiger partial charge in [-0.2, -0.15) is 0 Å². The number of thiazole rings is 1. The highest BCUT2D eigenvalue weighted by atomic mass is 127. The maximum atomic E-state index is 14.6. The summed E-state index contributed by atoms with van der Waals surface area (Å²) < 4.78 is 43.5. The van der Waals surface area contributed by atoms with Crippen molar-refractivity contribution < 1.29 is 37.3 Å². The van der Waals surface area contributed by atoms with Gasteiger partial charge < -0.3 is 21.3 Å². The number of carbonyl (C=O) groups excluding carboxylic acids is 3. The van der Waals surface area contributed by atoms with Crippen molar-refractivity contribution in [2.75, 3.05) is 47.5 Å². The van der Waals surface area contributed by atoms with Crippen molar-refractivity contribution in [2.24, 2.45) is 0 Å². The standard InChI is InChI=1S/C34H36F3IN8O6S/c1-19-33(46(50)51)53-34(41-19)44-31(48)23-9-8-22(18-28(23)42-20(2)47)40-15-5-3-4-13-39-14-6-16-52-45-32(49)24-10-11-25(35)29(37)30(24)43-27-12-7-21(38)17-26(27)36/h7-12,17-18,39-40,43H,3-6,13-16H2,1-2H3,(H,42,47)(H,45,49)(H,41,44,48). The molecule has 53 heavy (non-hydrogen) atoms. The summed E-state index contributed by atoms with van der Waals surface area (Å²) in [7, 11) is 0. The highest BCUT2D eigenvalue weighted by molar-refractivity contribution is 14.1. The van der Waals surface area contributed by atoms with Crippen molar-refractivity contribution in [1.82, 2.24) is 15.8 Å². The summed E-state index contributed by atoms with van der Waals surface area (Å²) >= 11 is 2.66. The Bertz CT molecular complexity index is 1970. The highest BCUT2D eigenvalue weighted by Crippen LogP contribution is 2.31. The van der Waals surface area contributed by atoms with Crippen molar-refractivity contribution in [3.8, 4) is 0 Å². The number of nitrogens with one attached hydrogen (secondary N) is 6. The molecule has 4 aromatic rings. The van der Waals surface area contributed by atoms with E-state index in [1.165, 1.54) is 26.0 Å². The highest BCUT2D eigenvalue weighted by Gasteiger charge is 2.22. The number of aryl methyl sites for hydroxylation is 1. The molecule has 0 atom stereocenters. The first-order chi connectivity index (χ1) is 25.3. The van der Waals surface area contributed by atoms with Crippen LogP contribution in [0.2, 0.25) is 0 Å². The first kappa shape index (κ1) is 40.9. The lowest BCUT2D eigenvalue weighted by molar-refractivity contribution is -0.380. The number of hydrogen-bond donors (Lipinski definition) is 6. The molecular formula is C34H36F3IN8O6S. The number of hydrogen-bond acceptors (Lipinski definition) is 11. The quantitative estimate of drug-likeness (QED) is 0.0242. The second-order valence-corrected chi connectivity index (χ2v) is 13.7. The minimum atomic E-state index is -1.33. The van der Waals surface area contributed by atoms with Gasteiger partial charge in [-0.25, -0.2) is 23.6 Å². The third-order valence-corrected chi connectivity index (χ3v) is 9.08. The van der Waals surface area contributed by atoms with E-state index < -0.39 is 39.9 Å². The van der Waals surface area contributed by atoms with Gasteiger partial charge in [-0.3, -0.25) is 34.7 Å². The largest absolute Gasteiger partial charge is 0.385 e. The molecule has 0 fully saturated rings. The Labute approximate surface area is 319 Å². The molecule has 0 bridgehead atoms. The normalized spacial score (nSPS) is 10.8. The van der Waals surface area contributed by atoms with Crippen molar-refractivity contribution in [2.45, 2.75) is 39.5 Å². The van der Waals surface area contributed by atoms with Gasteiger partial charge in [-0.1, -0.05) is 6.42 Å². The lowest BCUT2D eigenvalue weighted by atomic mass is 10.1. The van der Waals surface area contributed by atoms with Gasteiger partial charge in [0.25, 0.3) is 11.8 Å². The van der Waals surface area contributed by atoms with Crippen LogP contribution in [0.15, 0.2) is 48.5 Å². The molecule has 0 aliphatic rings. The van der Waals surface area contributed by atoms with Crippen LogP contribution < -0.4 is 32.1 Å². The molecule has 4 rings (SSSR count). The van der Waals surface area contributed by atoms with Gasteiger partial charge in [-0.05, 0) is 122 Å². The number of carbonyl (C=O) groups is 3. The van der Waals surface area contributed by atoms with E-state index in [0.717, 1.165) is 49.3 Å². The molecule has 0 aliphatic heterocycles. The fourth-order valence-electron chi connectivity index (χ4n) is 4.86. The van der Waals surface area contributed by atoms with E-state index in [0.29, 0.717) is 28.8 Å². The molecule has 0 saturated heterocycles. The second-order valence-electron chi connectivity index (χ2n) is 11.5. The van der Waals surface area contributed by atoms with Crippen LogP contribution in [0, 0.1) is 38.1 Å². The summed E-state index contributed by atoms with van der Waals surface area (Å²) in [5, 5.41) is 25.2. The molecule has 0 spiro atoms. The number of amides is 3. The molecule has 19 heteroatoms. The molecule has 1 aromatic heterocycles. The predicted octanol–water partition coefficient (Wildman–Crippen LogP) is 7.26. The van der Waals surface area contributed by atoms with Crippen molar-refractivity contribution in [1.29, 1.82) is 0 Å². The van der Waals surface area contributed by atoms with Gasteiger partial charge >= 0.3 is 5.00 Å². The Kier molecular flexibility index (Phi) is 15.3. The van der Waals surface area contributed by atoms with Crippen LogP contribution in [0.4, 0.5) is 46.1 Å². The average molecular weight is 869 g/mol. The molecule has 3 amide bonds. The Balaban J connectivity index is 1.12. The van der Waals surface area contributed by atoms with Crippen molar-refractivity contribution >= 4 is 84.5 Å². The van der Waals surface area contributed by atoms with Crippen LogP contribution in [0.25, 0.3) is 0 Å². The molecular weight excluding hydrogens is 832 g/mol. The van der Waals surface area contributed by atoms with Gasteiger partial charge in [0.15, 0.2) is 16.8 Å². The minimum Gasteiger partial charge on any atom is -0.385 e. The van der Waals surface area contributed by atoms with E-state index in [1.54, 1.807) is 24.3 Å². The van der Waals surface area contributed by atoms with Crippen LogP contribution in [-0.4, -0.2) is 53.9 Å². The summed E-state index contributed by atoms with van der Waals surface area (Å²) in [5.41, 5.74) is 2.63. The van der Waals surface area contributed by atoms with Crippen LogP contribution in [0.1, 0.15) is 59.0 Å². The molecule has 0 unspecified atom stereocenters. The average Bonchev–Trinajstić information content (AvgIpc) is 3.47. The van der Waals surface area contributed by atoms with Crippen molar-refractivity contribution in [3.05, 3.63) is 96.5 Å². The van der Waals surface area contributed by atoms with E-state index in [1.807, 2.05) is 22.6 Å². The molecule has 282 valence electrons. The van der Waals surface area contributed by atoms with Gasteiger partial charge in [0, 0.05) is 22.7 Å². The first-order valence-corrected chi connectivity index (χ1v) is 18.1. The second kappa shape index (κ2) is 19.8. The number of nitrogens with zero attached hydrogens (tertiary/aromatic N) is 2. The number of nitro groups is 1. The van der Waals surface area contributed by atoms with E-state index >= 15 is 0 Å². The number of rotatable bonds is 19. The molecule has 3 aromatic carbocycles. The summed E-state index contributed by atoms with van der Waals surface area (Å²) in [6, 6.07) is 10.9. The topological polar surface area (TPSA) is 189 Å². The van der Waals surface area contributed by atoms with E-state index in [-0.39, 0.29) is 50.8 Å². The lowest BCUT2D eigenvalue weighted by Gasteiger charge is -2.14. The molecule has 14 nitrogen and oxygen atoms in total. The van der Waals surface area contributed by atoms with Crippen LogP contribution >= 0.6 is 33.9 Å². The monoisotopic (exact) mass is 868 g/mol. The number of halogens is 4. The number of unbranched alkanes of at least 4 members (excludes halogenated alkanes) is 2. The zero-order chi connectivity index (χ0) is 38.5. The third-order valence-electron chi connectivity index (χ3n) is 7.39. The number of hydroxylamine groups is 1. The van der Waals surface area contributed by atoms with Crippen LogP contribution in [0.3, 0.4) is 0 Å². The minimum absolute atomic E-state index is 0.0745. The Morgan fingerprint density at radius 3 is 2.34 bits per heavy atom. The molecule has 6 N–H and O–H groups in total. The fraction of sp³-hybridized carbons (Fsp3) is 0.294. The van der Waals surface area contributed by atoms with E-state index in [2.05, 4.69) is 37.0 Å². The SMILES string of the molecule is CC(=O)Nc1cc(NCCCCCNCCCONC(=O)c2ccc(F)c(F)c2Nc2ccc(I)cc2F)ccc1C(=O)Nc1nc(C)c([N+](=O)[O-])s1. The Morgan fingerprint density at radius 1 is 0.887 bits per heavy atom. The Hall–Kier alpha value is -4.86.